The maximum Gasteiger partial charge on any atom is 0.279 e. The Bertz CT molecular complexity index is 1170. The van der Waals surface area contributed by atoms with Crippen LogP contribution in [-0.4, -0.2) is 23.1 Å². The monoisotopic (exact) mass is 359 g/mol. The van der Waals surface area contributed by atoms with Crippen LogP contribution in [0.3, 0.4) is 0 Å². The third-order valence-corrected chi connectivity index (χ3v) is 4.73. The van der Waals surface area contributed by atoms with Crippen molar-refractivity contribution in [2.24, 2.45) is 4.99 Å². The Labute approximate surface area is 156 Å². The maximum absolute atomic E-state index is 12.4. The number of hydrogen-bond acceptors (Lipinski definition) is 5. The van der Waals surface area contributed by atoms with Crippen LogP contribution in [0.4, 0.5) is 22.9 Å². The molecular weight excluding hydrogens is 338 g/mol. The first-order valence-corrected chi connectivity index (χ1v) is 8.88. The van der Waals surface area contributed by atoms with Crippen molar-refractivity contribution in [3.8, 4) is 0 Å². The molecule has 0 saturated heterocycles. The average molecular weight is 359 g/mol. The van der Waals surface area contributed by atoms with Gasteiger partial charge in [-0.1, -0.05) is 24.8 Å². The van der Waals surface area contributed by atoms with Gasteiger partial charge in [-0.2, -0.15) is 0 Å². The normalized spacial score (nSPS) is 12.1. The lowest BCUT2D eigenvalue weighted by Gasteiger charge is -2.28. The zero-order chi connectivity index (χ0) is 19.0. The summed E-state index contributed by atoms with van der Waals surface area (Å²) in [6.45, 7) is 9.24. The van der Waals surface area contributed by atoms with E-state index in [2.05, 4.69) is 39.8 Å². The summed E-state index contributed by atoms with van der Waals surface area (Å²) >= 11 is 0. The number of para-hydroxylation sites is 1. The molecule has 2 heterocycles. The molecule has 0 saturated carbocycles. The van der Waals surface area contributed by atoms with Crippen molar-refractivity contribution in [3.63, 3.8) is 0 Å². The van der Waals surface area contributed by atoms with Crippen molar-refractivity contribution in [3.05, 3.63) is 74.8 Å². The molecule has 4 rings (SSSR count). The van der Waals surface area contributed by atoms with E-state index >= 15 is 0 Å². The largest absolute Gasteiger partial charge is 0.383 e. The molecule has 0 radical (unpaired) electrons. The zero-order valence-electron chi connectivity index (χ0n) is 15.4. The zero-order valence-corrected chi connectivity index (χ0v) is 15.4. The van der Waals surface area contributed by atoms with Crippen LogP contribution in [0.1, 0.15) is 11.1 Å². The van der Waals surface area contributed by atoms with Crippen molar-refractivity contribution in [2.45, 2.75) is 13.8 Å². The highest BCUT2D eigenvalue weighted by molar-refractivity contribution is 5.77. The van der Waals surface area contributed by atoms with Crippen molar-refractivity contribution in [1.82, 2.24) is 9.97 Å². The highest BCUT2D eigenvalue weighted by Gasteiger charge is 2.23. The quantitative estimate of drug-likeness (QED) is 0.750. The summed E-state index contributed by atoms with van der Waals surface area (Å²) in [6, 6.07) is 14.1. The van der Waals surface area contributed by atoms with Crippen LogP contribution in [0.2, 0.25) is 0 Å². The summed E-state index contributed by atoms with van der Waals surface area (Å²) in [7, 11) is 0. The van der Waals surface area contributed by atoms with E-state index in [0.29, 0.717) is 29.7 Å². The molecule has 0 amide bonds. The first-order valence-electron chi connectivity index (χ1n) is 8.88. The van der Waals surface area contributed by atoms with Gasteiger partial charge in [0.05, 0.1) is 11.4 Å². The summed E-state index contributed by atoms with van der Waals surface area (Å²) in [4.78, 5) is 26.1. The fourth-order valence-corrected chi connectivity index (χ4v) is 3.21. The van der Waals surface area contributed by atoms with Crippen molar-refractivity contribution in [2.75, 3.05) is 23.3 Å². The SMILES string of the molecule is C=c1nc2c(c(=O)[nH]1)=Nc1cc(C)c(C)cc1N2CCNc1ccccc1. The van der Waals surface area contributed by atoms with E-state index < -0.39 is 0 Å². The Hall–Kier alpha value is -3.41. The minimum atomic E-state index is -0.269. The fourth-order valence-electron chi connectivity index (χ4n) is 3.21. The third-order valence-electron chi connectivity index (χ3n) is 4.73. The van der Waals surface area contributed by atoms with Crippen LogP contribution >= 0.6 is 0 Å². The van der Waals surface area contributed by atoms with Gasteiger partial charge in [-0.25, -0.2) is 9.98 Å². The second-order valence-electron chi connectivity index (χ2n) is 6.67. The van der Waals surface area contributed by atoms with Gasteiger partial charge < -0.3 is 15.2 Å². The predicted molar refractivity (Wildman–Crippen MR) is 109 cm³/mol. The number of rotatable bonds is 4. The smallest absolute Gasteiger partial charge is 0.279 e. The van der Waals surface area contributed by atoms with Gasteiger partial charge in [0, 0.05) is 18.8 Å². The lowest BCUT2D eigenvalue weighted by atomic mass is 10.1. The first kappa shape index (κ1) is 17.0. The van der Waals surface area contributed by atoms with Crippen molar-refractivity contribution >= 4 is 29.5 Å². The second-order valence-corrected chi connectivity index (χ2v) is 6.67. The van der Waals surface area contributed by atoms with Gasteiger partial charge in [-0.3, -0.25) is 4.79 Å². The highest BCUT2D eigenvalue weighted by Crippen LogP contribution is 2.36. The van der Waals surface area contributed by atoms with Gasteiger partial charge in [-0.05, 0) is 49.2 Å². The molecule has 0 bridgehead atoms. The van der Waals surface area contributed by atoms with E-state index in [1.165, 1.54) is 5.56 Å². The van der Waals surface area contributed by atoms with E-state index in [9.17, 15) is 4.79 Å². The molecule has 3 aromatic rings. The molecule has 0 atom stereocenters. The van der Waals surface area contributed by atoms with Crippen molar-refractivity contribution < 1.29 is 0 Å². The number of nitrogens with zero attached hydrogens (tertiary/aromatic N) is 3. The molecule has 0 unspecified atom stereocenters. The Morgan fingerprint density at radius 2 is 1.89 bits per heavy atom. The first-order chi connectivity index (χ1) is 13.0. The highest BCUT2D eigenvalue weighted by atomic mass is 16.1. The maximum atomic E-state index is 12.4. The molecule has 1 aromatic heterocycles. The van der Waals surface area contributed by atoms with E-state index in [1.807, 2.05) is 48.2 Å². The molecule has 1 aliphatic rings. The molecule has 6 heteroatoms. The van der Waals surface area contributed by atoms with Gasteiger partial charge in [-0.15, -0.1) is 0 Å². The Balaban J connectivity index is 1.76. The van der Waals surface area contributed by atoms with Crippen LogP contribution < -0.4 is 26.6 Å². The number of aromatic nitrogens is 2. The number of H-pyrrole nitrogens is 1. The molecular formula is C21H21N5O. The standard InChI is InChI=1S/C21H21N5O/c1-13-11-17-18(12-14(13)2)26(10-9-22-16-7-5-4-6-8-16)20-19(25-17)21(27)24-15(3)23-20/h4-8,11-12,22H,3,9-10H2,1-2H3,(H,24,27). The number of fused-ring (bicyclic) bond motifs is 2. The van der Waals surface area contributed by atoms with Gasteiger partial charge in [0.1, 0.15) is 5.48 Å². The van der Waals surface area contributed by atoms with Crippen LogP contribution in [0.15, 0.2) is 52.3 Å². The van der Waals surface area contributed by atoms with E-state index in [1.54, 1.807) is 0 Å². The number of aryl methyl sites for hydroxylation is 2. The third kappa shape index (κ3) is 3.21. The van der Waals surface area contributed by atoms with E-state index in [4.69, 9.17) is 0 Å². The Morgan fingerprint density at radius 1 is 1.15 bits per heavy atom. The van der Waals surface area contributed by atoms with Gasteiger partial charge >= 0.3 is 0 Å². The molecule has 0 spiro atoms. The molecule has 2 aromatic carbocycles. The van der Waals surface area contributed by atoms with Crippen molar-refractivity contribution in [1.29, 1.82) is 0 Å². The molecule has 27 heavy (non-hydrogen) atoms. The van der Waals surface area contributed by atoms with Crippen LogP contribution in [0.25, 0.3) is 6.58 Å². The number of nitrogens with one attached hydrogen (secondary N) is 2. The second kappa shape index (κ2) is 6.72. The Kier molecular flexibility index (Phi) is 4.24. The van der Waals surface area contributed by atoms with Gasteiger partial charge in [0.2, 0.25) is 0 Å². The minimum absolute atomic E-state index is 0.269. The molecule has 0 fully saturated rings. The van der Waals surface area contributed by atoms with Crippen LogP contribution in [0, 0.1) is 13.8 Å². The Morgan fingerprint density at radius 3 is 2.67 bits per heavy atom. The average Bonchev–Trinajstić information content (AvgIpc) is 2.64. The van der Waals surface area contributed by atoms with Gasteiger partial charge in [0.15, 0.2) is 11.2 Å². The molecule has 6 nitrogen and oxygen atoms in total. The number of benzene rings is 2. The number of hydrogen-bond donors (Lipinski definition) is 2. The summed E-state index contributed by atoms with van der Waals surface area (Å²) in [5, 5.41) is 3.74. The van der Waals surface area contributed by atoms with E-state index in [-0.39, 0.29) is 5.56 Å². The molecule has 1 aliphatic heterocycles. The van der Waals surface area contributed by atoms with Crippen LogP contribution in [-0.2, 0) is 0 Å². The molecule has 0 aliphatic carbocycles. The summed E-state index contributed by atoms with van der Waals surface area (Å²) in [6.07, 6.45) is 0. The lowest BCUT2D eigenvalue weighted by molar-refractivity contribution is 0.879. The summed E-state index contributed by atoms with van der Waals surface area (Å²) in [5.41, 5.74) is 5.18. The van der Waals surface area contributed by atoms with E-state index in [0.717, 1.165) is 22.6 Å². The summed E-state index contributed by atoms with van der Waals surface area (Å²) < 4.78 is 0. The number of aromatic amines is 1. The topological polar surface area (TPSA) is 73.4 Å². The van der Waals surface area contributed by atoms with Crippen LogP contribution in [0.5, 0.6) is 0 Å². The molecule has 136 valence electrons. The van der Waals surface area contributed by atoms with Gasteiger partial charge in [0.25, 0.3) is 5.56 Å². The predicted octanol–water partition coefficient (Wildman–Crippen LogP) is 2.31. The fraction of sp³-hybridized carbons (Fsp3) is 0.190. The lowest BCUT2D eigenvalue weighted by Crippen LogP contribution is -2.43. The summed E-state index contributed by atoms with van der Waals surface area (Å²) in [5.74, 6) is 0.550. The minimum Gasteiger partial charge on any atom is -0.383 e. The molecule has 2 N–H and O–H groups in total. The number of anilines is 3.